The molecular formula is C19H15ClFN3OS. The van der Waals surface area contributed by atoms with Crippen LogP contribution in [0.4, 0.5) is 10.2 Å². The predicted molar refractivity (Wildman–Crippen MR) is 103 cm³/mol. The summed E-state index contributed by atoms with van der Waals surface area (Å²) in [6.07, 6.45) is 0. The first-order valence-electron chi connectivity index (χ1n) is 8.06. The van der Waals surface area contributed by atoms with E-state index in [4.69, 9.17) is 11.6 Å². The minimum Gasteiger partial charge on any atom is -0.310 e. The summed E-state index contributed by atoms with van der Waals surface area (Å²) in [5.74, 6) is 0.399. The van der Waals surface area contributed by atoms with Gasteiger partial charge in [-0.05, 0) is 37.3 Å². The van der Waals surface area contributed by atoms with Gasteiger partial charge in [-0.2, -0.15) is 5.10 Å². The van der Waals surface area contributed by atoms with Crippen molar-refractivity contribution in [2.45, 2.75) is 12.2 Å². The van der Waals surface area contributed by atoms with Crippen LogP contribution in [0.25, 0.3) is 5.69 Å². The average Bonchev–Trinajstić information content (AvgIpc) is 2.83. The van der Waals surface area contributed by atoms with Crippen LogP contribution < -0.4 is 5.32 Å². The molecule has 1 aliphatic heterocycles. The summed E-state index contributed by atoms with van der Waals surface area (Å²) in [5.41, 5.74) is 2.89. The number of fused-ring (bicyclic) bond motifs is 1. The van der Waals surface area contributed by atoms with Gasteiger partial charge in [-0.3, -0.25) is 4.79 Å². The summed E-state index contributed by atoms with van der Waals surface area (Å²) in [7, 11) is 0. The minimum absolute atomic E-state index is 0.134. The van der Waals surface area contributed by atoms with E-state index in [0.717, 1.165) is 16.9 Å². The maximum atomic E-state index is 14.4. The Morgan fingerprint density at radius 3 is 2.69 bits per heavy atom. The molecule has 3 aromatic rings. The molecule has 1 aromatic heterocycles. The normalized spacial score (nSPS) is 16.7. The maximum absolute atomic E-state index is 14.4. The van der Waals surface area contributed by atoms with Crippen LogP contribution in [0.15, 0.2) is 48.5 Å². The van der Waals surface area contributed by atoms with Crippen LogP contribution in [-0.2, 0) is 4.79 Å². The minimum atomic E-state index is -0.314. The van der Waals surface area contributed by atoms with Crippen LogP contribution >= 0.6 is 23.4 Å². The first kappa shape index (κ1) is 17.1. The first-order valence-corrected chi connectivity index (χ1v) is 9.48. The number of aromatic nitrogens is 2. The van der Waals surface area contributed by atoms with Gasteiger partial charge in [0.05, 0.1) is 22.4 Å². The lowest BCUT2D eigenvalue weighted by atomic mass is 10.0. The van der Waals surface area contributed by atoms with E-state index in [2.05, 4.69) is 10.4 Å². The average molecular weight is 388 g/mol. The van der Waals surface area contributed by atoms with Crippen molar-refractivity contribution in [1.29, 1.82) is 0 Å². The smallest absolute Gasteiger partial charge is 0.235 e. The highest BCUT2D eigenvalue weighted by atomic mass is 35.5. The number of hydrogen-bond donors (Lipinski definition) is 1. The first-order chi connectivity index (χ1) is 12.5. The Morgan fingerprint density at radius 1 is 1.23 bits per heavy atom. The molecule has 2 heterocycles. The van der Waals surface area contributed by atoms with Crippen molar-refractivity contribution in [2.24, 2.45) is 0 Å². The Balaban J connectivity index is 1.91. The van der Waals surface area contributed by atoms with Gasteiger partial charge in [-0.1, -0.05) is 29.8 Å². The van der Waals surface area contributed by atoms with E-state index in [1.54, 1.807) is 35.0 Å². The van der Waals surface area contributed by atoms with Crippen molar-refractivity contribution in [2.75, 3.05) is 11.1 Å². The molecule has 2 aromatic carbocycles. The lowest BCUT2D eigenvalue weighted by Gasteiger charge is -2.16. The highest BCUT2D eigenvalue weighted by molar-refractivity contribution is 8.00. The van der Waals surface area contributed by atoms with E-state index in [9.17, 15) is 9.18 Å². The summed E-state index contributed by atoms with van der Waals surface area (Å²) in [6, 6.07) is 13.9. The van der Waals surface area contributed by atoms with Crippen molar-refractivity contribution in [3.8, 4) is 5.69 Å². The molecule has 4 nitrogen and oxygen atoms in total. The summed E-state index contributed by atoms with van der Waals surface area (Å²) in [4.78, 5) is 12.3. The zero-order valence-electron chi connectivity index (χ0n) is 13.9. The molecule has 1 amide bonds. The van der Waals surface area contributed by atoms with Gasteiger partial charge in [0.2, 0.25) is 5.91 Å². The van der Waals surface area contributed by atoms with Crippen LogP contribution in [-0.4, -0.2) is 21.4 Å². The molecule has 1 N–H and O–H groups in total. The second-order valence-corrected chi connectivity index (χ2v) is 7.53. The van der Waals surface area contributed by atoms with E-state index in [1.807, 2.05) is 19.1 Å². The van der Waals surface area contributed by atoms with Gasteiger partial charge in [0.15, 0.2) is 0 Å². The fraction of sp³-hybridized carbons (Fsp3) is 0.158. The molecular weight excluding hydrogens is 373 g/mol. The lowest BCUT2D eigenvalue weighted by molar-refractivity contribution is -0.113. The Morgan fingerprint density at radius 2 is 1.96 bits per heavy atom. The quantitative estimate of drug-likeness (QED) is 0.690. The highest BCUT2D eigenvalue weighted by Gasteiger charge is 2.31. The monoisotopic (exact) mass is 387 g/mol. The Hall–Kier alpha value is -2.31. The van der Waals surface area contributed by atoms with Gasteiger partial charge in [0.1, 0.15) is 11.6 Å². The zero-order chi connectivity index (χ0) is 18.3. The second-order valence-electron chi connectivity index (χ2n) is 6.00. The van der Waals surface area contributed by atoms with Gasteiger partial charge in [0.25, 0.3) is 0 Å². The number of benzene rings is 2. The zero-order valence-corrected chi connectivity index (χ0v) is 15.4. The van der Waals surface area contributed by atoms with Crippen molar-refractivity contribution in [1.82, 2.24) is 9.78 Å². The molecule has 7 heteroatoms. The van der Waals surface area contributed by atoms with E-state index in [1.165, 1.54) is 17.8 Å². The molecule has 0 bridgehead atoms. The largest absolute Gasteiger partial charge is 0.310 e. The lowest BCUT2D eigenvalue weighted by Crippen LogP contribution is -2.15. The third-order valence-electron chi connectivity index (χ3n) is 4.27. The number of nitrogens with one attached hydrogen (secondary N) is 1. The number of halogens is 2. The van der Waals surface area contributed by atoms with Gasteiger partial charge in [-0.15, -0.1) is 11.8 Å². The number of hydrogen-bond acceptors (Lipinski definition) is 3. The molecule has 1 unspecified atom stereocenters. The fourth-order valence-corrected chi connectivity index (χ4v) is 4.42. The van der Waals surface area contributed by atoms with Crippen molar-refractivity contribution >= 4 is 35.1 Å². The predicted octanol–water partition coefficient (Wildman–Crippen LogP) is 4.75. The van der Waals surface area contributed by atoms with Gasteiger partial charge in [0, 0.05) is 16.1 Å². The molecule has 1 atom stereocenters. The maximum Gasteiger partial charge on any atom is 0.235 e. The number of rotatable bonds is 2. The molecule has 0 saturated heterocycles. The Labute approximate surface area is 159 Å². The van der Waals surface area contributed by atoms with Crippen LogP contribution in [0, 0.1) is 12.7 Å². The van der Waals surface area contributed by atoms with Crippen molar-refractivity contribution < 1.29 is 9.18 Å². The standard InChI is InChI=1S/C19H15ClFN3OS/c1-11-17-18(14-4-2-3-5-15(14)21)26-10-16(25)22-19(17)24(23-11)13-8-6-12(20)7-9-13/h2-9,18H,10H2,1H3,(H,22,25). The number of thioether (sulfide) groups is 1. The highest BCUT2D eigenvalue weighted by Crippen LogP contribution is 2.44. The number of carbonyl (C=O) groups is 1. The molecule has 0 aliphatic carbocycles. The number of aryl methyl sites for hydroxylation is 1. The summed E-state index contributed by atoms with van der Waals surface area (Å²) in [6.45, 7) is 1.87. The van der Waals surface area contributed by atoms with Crippen LogP contribution in [0.5, 0.6) is 0 Å². The van der Waals surface area contributed by atoms with Crippen LogP contribution in [0.1, 0.15) is 22.1 Å². The number of carbonyl (C=O) groups excluding carboxylic acids is 1. The van der Waals surface area contributed by atoms with E-state index in [0.29, 0.717) is 16.4 Å². The van der Waals surface area contributed by atoms with Crippen molar-refractivity contribution in [3.63, 3.8) is 0 Å². The molecule has 0 radical (unpaired) electrons. The Bertz CT molecular complexity index is 987. The molecule has 26 heavy (non-hydrogen) atoms. The van der Waals surface area contributed by atoms with Gasteiger partial charge < -0.3 is 5.32 Å². The van der Waals surface area contributed by atoms with Gasteiger partial charge >= 0.3 is 0 Å². The number of amides is 1. The summed E-state index contributed by atoms with van der Waals surface area (Å²) < 4.78 is 16.1. The molecule has 132 valence electrons. The van der Waals surface area contributed by atoms with E-state index >= 15 is 0 Å². The van der Waals surface area contributed by atoms with E-state index in [-0.39, 0.29) is 22.7 Å². The van der Waals surface area contributed by atoms with Crippen molar-refractivity contribution in [3.05, 3.63) is 76.2 Å². The van der Waals surface area contributed by atoms with Gasteiger partial charge in [-0.25, -0.2) is 9.07 Å². The number of anilines is 1. The Kier molecular flexibility index (Phi) is 4.46. The summed E-state index contributed by atoms with van der Waals surface area (Å²) >= 11 is 7.37. The molecule has 0 saturated carbocycles. The topological polar surface area (TPSA) is 46.9 Å². The summed E-state index contributed by atoms with van der Waals surface area (Å²) in [5, 5.41) is 7.83. The van der Waals surface area contributed by atoms with Crippen LogP contribution in [0.3, 0.4) is 0 Å². The van der Waals surface area contributed by atoms with E-state index < -0.39 is 0 Å². The molecule has 0 spiro atoms. The molecule has 4 rings (SSSR count). The SMILES string of the molecule is Cc1nn(-c2ccc(Cl)cc2)c2c1C(c1ccccc1F)SCC(=O)N2. The number of nitrogens with zero attached hydrogens (tertiary/aromatic N) is 2. The second kappa shape index (κ2) is 6.78. The third kappa shape index (κ3) is 2.99. The molecule has 0 fully saturated rings. The van der Waals surface area contributed by atoms with Crippen LogP contribution in [0.2, 0.25) is 5.02 Å². The third-order valence-corrected chi connectivity index (χ3v) is 5.77. The fourth-order valence-electron chi connectivity index (χ4n) is 3.09. The molecule has 1 aliphatic rings.